The fraction of sp³-hybridized carbons (Fsp3) is 0.810. The van der Waals surface area contributed by atoms with Crippen molar-refractivity contribution in [2.75, 3.05) is 0 Å². The van der Waals surface area contributed by atoms with E-state index in [1.165, 1.54) is 5.57 Å². The van der Waals surface area contributed by atoms with Gasteiger partial charge in [-0.15, -0.1) is 0 Å². The fourth-order valence-electron chi connectivity index (χ4n) is 7.35. The maximum Gasteiger partial charge on any atom is 0.155 e. The zero-order valence-corrected chi connectivity index (χ0v) is 15.2. The van der Waals surface area contributed by atoms with Crippen LogP contribution in [0.1, 0.15) is 65.7 Å². The van der Waals surface area contributed by atoms with E-state index in [9.17, 15) is 14.7 Å². The summed E-state index contributed by atoms with van der Waals surface area (Å²) in [5.74, 6) is 1.99. The average Bonchev–Trinajstić information content (AvgIpc) is 2.84. The molecule has 1 N–H and O–H groups in total. The molecule has 4 rings (SSSR count). The van der Waals surface area contributed by atoms with Crippen LogP contribution in [0.2, 0.25) is 0 Å². The zero-order valence-electron chi connectivity index (χ0n) is 15.2. The van der Waals surface area contributed by atoms with E-state index in [0.29, 0.717) is 24.0 Å². The molecule has 0 aliphatic heterocycles. The highest BCUT2D eigenvalue weighted by Gasteiger charge is 2.62. The van der Waals surface area contributed by atoms with Crippen molar-refractivity contribution in [1.29, 1.82) is 0 Å². The molecule has 3 heteroatoms. The Kier molecular flexibility index (Phi) is 3.62. The first kappa shape index (κ1) is 16.5. The normalized spacial score (nSPS) is 50.6. The van der Waals surface area contributed by atoms with Crippen molar-refractivity contribution in [1.82, 2.24) is 0 Å². The average molecular weight is 330 g/mol. The van der Waals surface area contributed by atoms with Gasteiger partial charge >= 0.3 is 0 Å². The van der Waals surface area contributed by atoms with Gasteiger partial charge in [0.25, 0.3) is 0 Å². The Morgan fingerprint density at radius 1 is 1.21 bits per heavy atom. The molecule has 0 amide bonds. The minimum atomic E-state index is -0.349. The van der Waals surface area contributed by atoms with Crippen LogP contribution in [0.4, 0.5) is 0 Å². The second kappa shape index (κ2) is 5.27. The van der Waals surface area contributed by atoms with E-state index in [0.717, 1.165) is 38.5 Å². The molecule has 0 unspecified atom stereocenters. The molecule has 3 fully saturated rings. The first-order chi connectivity index (χ1) is 11.3. The zero-order chi connectivity index (χ0) is 17.3. The molecule has 3 saturated carbocycles. The highest BCUT2D eigenvalue weighted by atomic mass is 16.3. The third-order valence-corrected chi connectivity index (χ3v) is 8.38. The van der Waals surface area contributed by atoms with Crippen molar-refractivity contribution in [3.63, 3.8) is 0 Å². The van der Waals surface area contributed by atoms with Crippen LogP contribution >= 0.6 is 0 Å². The monoisotopic (exact) mass is 330 g/mol. The maximum atomic E-state index is 12.2. The van der Waals surface area contributed by atoms with E-state index in [-0.39, 0.29) is 34.6 Å². The molecule has 0 aromatic rings. The minimum absolute atomic E-state index is 0.0219. The van der Waals surface area contributed by atoms with Gasteiger partial charge in [0.05, 0.1) is 6.10 Å². The van der Waals surface area contributed by atoms with Crippen LogP contribution in [0.5, 0.6) is 0 Å². The molecule has 3 nitrogen and oxygen atoms in total. The first-order valence-electron chi connectivity index (χ1n) is 9.70. The lowest BCUT2D eigenvalue weighted by molar-refractivity contribution is -0.143. The Labute approximate surface area is 144 Å². The third-order valence-electron chi connectivity index (χ3n) is 8.38. The molecule has 4 aliphatic rings. The van der Waals surface area contributed by atoms with Crippen LogP contribution in [0.3, 0.4) is 0 Å². The number of allylic oxidation sites excluding steroid dienone is 1. The highest BCUT2D eigenvalue weighted by Crippen LogP contribution is 2.66. The Morgan fingerprint density at radius 3 is 2.67 bits per heavy atom. The number of hydrogen-bond donors (Lipinski definition) is 1. The highest BCUT2D eigenvalue weighted by molar-refractivity contribution is 5.91. The molecule has 24 heavy (non-hydrogen) atoms. The Balaban J connectivity index is 1.72. The Bertz CT molecular complexity index is 621. The van der Waals surface area contributed by atoms with Crippen molar-refractivity contribution in [2.24, 2.45) is 34.5 Å². The molecule has 4 aliphatic carbocycles. The summed E-state index contributed by atoms with van der Waals surface area (Å²) in [5.41, 5.74) is 1.23. The molecule has 0 radical (unpaired) electrons. The lowest BCUT2D eigenvalue weighted by Crippen LogP contribution is -2.56. The summed E-state index contributed by atoms with van der Waals surface area (Å²) < 4.78 is 0. The molecule has 0 heterocycles. The number of rotatable bonds is 1. The molecule has 0 aromatic heterocycles. The summed E-state index contributed by atoms with van der Waals surface area (Å²) in [5, 5.41) is 11.2. The predicted molar refractivity (Wildman–Crippen MR) is 92.3 cm³/mol. The van der Waals surface area contributed by atoms with E-state index in [1.807, 2.05) is 6.08 Å². The van der Waals surface area contributed by atoms with Crippen molar-refractivity contribution in [2.45, 2.75) is 71.8 Å². The molecule has 132 valence electrons. The lowest BCUT2D eigenvalue weighted by Gasteiger charge is -2.59. The predicted octanol–water partition coefficient (Wildman–Crippen LogP) is 3.69. The molecule has 0 spiro atoms. The van der Waals surface area contributed by atoms with Gasteiger partial charge in [-0.2, -0.15) is 0 Å². The number of carbonyl (C=O) groups excluding carboxylic acids is 2. The minimum Gasteiger partial charge on any atom is -0.393 e. The van der Waals surface area contributed by atoms with Crippen LogP contribution in [-0.4, -0.2) is 22.8 Å². The van der Waals surface area contributed by atoms with E-state index < -0.39 is 0 Å². The number of ketones is 2. The summed E-state index contributed by atoms with van der Waals surface area (Å²) in [4.78, 5) is 24.0. The summed E-state index contributed by atoms with van der Waals surface area (Å²) >= 11 is 0. The summed E-state index contributed by atoms with van der Waals surface area (Å²) in [7, 11) is 0. The standard InChI is InChI=1S/C21H30O3/c1-12(22)16-6-7-17-15-5-4-13-10-14(23)8-9-20(13,2)19(15)18(24)11-21(16,17)3/h10,15-19,24H,4-9,11H2,1-3H3/t15-,16-,17+,18-,19-,20+,21+/m0/s1. The number of Topliss-reactive ketones (excluding diaryl/α,β-unsaturated/α-hetero) is 1. The van der Waals surface area contributed by atoms with E-state index in [4.69, 9.17) is 0 Å². The van der Waals surface area contributed by atoms with Gasteiger partial charge in [0.2, 0.25) is 0 Å². The van der Waals surface area contributed by atoms with E-state index in [1.54, 1.807) is 6.92 Å². The number of carbonyl (C=O) groups is 2. The van der Waals surface area contributed by atoms with Crippen molar-refractivity contribution >= 4 is 11.6 Å². The number of hydrogen-bond acceptors (Lipinski definition) is 3. The smallest absolute Gasteiger partial charge is 0.155 e. The van der Waals surface area contributed by atoms with Crippen molar-refractivity contribution in [3.8, 4) is 0 Å². The van der Waals surface area contributed by atoms with Crippen LogP contribution in [0.15, 0.2) is 11.6 Å². The quantitative estimate of drug-likeness (QED) is 0.797. The lowest BCUT2D eigenvalue weighted by atomic mass is 9.46. The van der Waals surface area contributed by atoms with Gasteiger partial charge in [0, 0.05) is 12.3 Å². The number of fused-ring (bicyclic) bond motifs is 5. The van der Waals surface area contributed by atoms with Crippen molar-refractivity contribution in [3.05, 3.63) is 11.6 Å². The first-order valence-corrected chi connectivity index (χ1v) is 9.70. The van der Waals surface area contributed by atoms with E-state index >= 15 is 0 Å². The van der Waals surface area contributed by atoms with Crippen LogP contribution in [0, 0.1) is 34.5 Å². The van der Waals surface area contributed by atoms with Crippen LogP contribution < -0.4 is 0 Å². The van der Waals surface area contributed by atoms with Gasteiger partial charge in [-0.3, -0.25) is 9.59 Å². The SMILES string of the molecule is CC(=O)[C@@H]1CC[C@@H]2[C@@H]3CCC4=CC(=O)CC[C@@]4(C)[C@@H]3[C@@H](O)C[C@@]21C. The number of aliphatic hydroxyl groups is 1. The molecule has 0 saturated heterocycles. The molecular weight excluding hydrogens is 300 g/mol. The van der Waals surface area contributed by atoms with Gasteiger partial charge in [-0.25, -0.2) is 0 Å². The van der Waals surface area contributed by atoms with Crippen molar-refractivity contribution < 1.29 is 14.7 Å². The largest absolute Gasteiger partial charge is 0.393 e. The van der Waals surface area contributed by atoms with E-state index in [2.05, 4.69) is 13.8 Å². The van der Waals surface area contributed by atoms with Gasteiger partial charge in [-0.05, 0) is 80.1 Å². The summed E-state index contributed by atoms with van der Waals surface area (Å²) in [6.45, 7) is 6.27. The summed E-state index contributed by atoms with van der Waals surface area (Å²) in [6.07, 6.45) is 7.97. The molecule has 7 atom stereocenters. The third kappa shape index (κ3) is 2.06. The van der Waals surface area contributed by atoms with Gasteiger partial charge in [-0.1, -0.05) is 19.4 Å². The molecular formula is C21H30O3. The summed E-state index contributed by atoms with van der Waals surface area (Å²) in [6, 6.07) is 0. The number of aliphatic hydroxyl groups excluding tert-OH is 1. The second-order valence-corrected chi connectivity index (χ2v) is 9.41. The van der Waals surface area contributed by atoms with Gasteiger partial charge in [0.1, 0.15) is 5.78 Å². The molecule has 0 aromatic carbocycles. The fourth-order valence-corrected chi connectivity index (χ4v) is 7.35. The van der Waals surface area contributed by atoms with Gasteiger partial charge in [0.15, 0.2) is 5.78 Å². The van der Waals surface area contributed by atoms with Crippen LogP contribution in [-0.2, 0) is 9.59 Å². The topological polar surface area (TPSA) is 54.4 Å². The second-order valence-electron chi connectivity index (χ2n) is 9.41. The maximum absolute atomic E-state index is 12.2. The Morgan fingerprint density at radius 2 is 1.96 bits per heavy atom. The van der Waals surface area contributed by atoms with Crippen LogP contribution in [0.25, 0.3) is 0 Å². The van der Waals surface area contributed by atoms with Gasteiger partial charge < -0.3 is 5.11 Å². The molecule has 0 bridgehead atoms. The Hall–Kier alpha value is -0.960.